The van der Waals surface area contributed by atoms with Gasteiger partial charge in [0.25, 0.3) is 0 Å². The van der Waals surface area contributed by atoms with Crippen molar-refractivity contribution in [3.63, 3.8) is 0 Å². The fourth-order valence-corrected chi connectivity index (χ4v) is 3.64. The van der Waals surface area contributed by atoms with Gasteiger partial charge in [0.15, 0.2) is 11.0 Å². The molecule has 144 valence electrons. The molecule has 0 unspecified atom stereocenters. The smallest absolute Gasteiger partial charge is 0.237 e. The first-order chi connectivity index (χ1) is 13.5. The normalized spacial score (nSPS) is 11.8. The summed E-state index contributed by atoms with van der Waals surface area (Å²) in [7, 11) is 0. The second kappa shape index (κ2) is 8.84. The van der Waals surface area contributed by atoms with E-state index in [1.165, 1.54) is 17.3 Å². The van der Waals surface area contributed by atoms with Crippen molar-refractivity contribution in [1.82, 2.24) is 19.7 Å². The van der Waals surface area contributed by atoms with Crippen LogP contribution in [0.4, 0.5) is 5.69 Å². The molecule has 2 heterocycles. The van der Waals surface area contributed by atoms with Crippen molar-refractivity contribution in [3.8, 4) is 11.4 Å². The number of aromatic nitrogens is 4. The highest BCUT2D eigenvalue weighted by Gasteiger charge is 2.21. The Bertz CT molecular complexity index is 984. The molecule has 1 aromatic carbocycles. The number of nitrogens with one attached hydrogen (secondary N) is 1. The average Bonchev–Trinajstić information content (AvgIpc) is 3.07. The van der Waals surface area contributed by atoms with Gasteiger partial charge in [-0.1, -0.05) is 35.5 Å². The van der Waals surface area contributed by atoms with Crippen LogP contribution in [0.2, 0.25) is 0 Å². The summed E-state index contributed by atoms with van der Waals surface area (Å²) in [6.07, 6.45) is 5.22. The highest BCUT2D eigenvalue weighted by atomic mass is 32.2. The molecule has 0 radical (unpaired) electrons. The molecule has 1 atom stereocenters. The predicted octanol–water partition coefficient (Wildman–Crippen LogP) is 4.26. The van der Waals surface area contributed by atoms with Crippen molar-refractivity contribution in [2.45, 2.75) is 37.7 Å². The topological polar surface area (TPSA) is 72.7 Å². The van der Waals surface area contributed by atoms with Crippen molar-refractivity contribution < 1.29 is 4.79 Å². The molecule has 3 rings (SSSR count). The van der Waals surface area contributed by atoms with Gasteiger partial charge >= 0.3 is 0 Å². The first-order valence-electron chi connectivity index (χ1n) is 8.99. The van der Waals surface area contributed by atoms with E-state index < -0.39 is 0 Å². The molecule has 1 N–H and O–H groups in total. The molecule has 0 bridgehead atoms. The van der Waals surface area contributed by atoms with Gasteiger partial charge in [0.1, 0.15) is 0 Å². The Labute approximate surface area is 169 Å². The highest BCUT2D eigenvalue weighted by Crippen LogP contribution is 2.27. The Balaban J connectivity index is 1.78. The number of allylic oxidation sites excluding steroid dienone is 1. The molecule has 1 amide bonds. The van der Waals surface area contributed by atoms with Gasteiger partial charge in [-0.15, -0.1) is 16.8 Å². The second-order valence-corrected chi connectivity index (χ2v) is 7.82. The Kier molecular flexibility index (Phi) is 6.26. The molecule has 3 aromatic rings. The zero-order valence-corrected chi connectivity index (χ0v) is 17.0. The highest BCUT2D eigenvalue weighted by molar-refractivity contribution is 8.00. The van der Waals surface area contributed by atoms with Crippen molar-refractivity contribution >= 4 is 23.4 Å². The van der Waals surface area contributed by atoms with Crippen LogP contribution in [0.25, 0.3) is 11.4 Å². The van der Waals surface area contributed by atoms with Crippen molar-refractivity contribution in [2.24, 2.45) is 0 Å². The van der Waals surface area contributed by atoms with Crippen LogP contribution in [-0.4, -0.2) is 30.9 Å². The summed E-state index contributed by atoms with van der Waals surface area (Å²) in [5.74, 6) is 0.655. The molecule has 0 saturated carbocycles. The number of benzene rings is 1. The molecule has 7 heteroatoms. The number of carbonyl (C=O) groups excluding carboxylic acids is 1. The van der Waals surface area contributed by atoms with Gasteiger partial charge < -0.3 is 5.32 Å². The zero-order valence-electron chi connectivity index (χ0n) is 16.2. The summed E-state index contributed by atoms with van der Waals surface area (Å²) in [6, 6.07) is 9.74. The Morgan fingerprint density at radius 1 is 1.25 bits per heavy atom. The number of nitrogens with zero attached hydrogens (tertiary/aromatic N) is 4. The third-order valence-corrected chi connectivity index (χ3v) is 5.34. The minimum absolute atomic E-state index is 0.0735. The van der Waals surface area contributed by atoms with E-state index in [1.807, 2.05) is 49.6 Å². The van der Waals surface area contributed by atoms with E-state index in [1.54, 1.807) is 18.5 Å². The lowest BCUT2D eigenvalue weighted by molar-refractivity contribution is -0.115. The fourth-order valence-electron chi connectivity index (χ4n) is 2.78. The number of pyridine rings is 1. The number of rotatable bonds is 7. The Hall–Kier alpha value is -2.93. The predicted molar refractivity (Wildman–Crippen MR) is 113 cm³/mol. The summed E-state index contributed by atoms with van der Waals surface area (Å²) < 4.78 is 1.95. The van der Waals surface area contributed by atoms with E-state index in [-0.39, 0.29) is 11.2 Å². The van der Waals surface area contributed by atoms with Crippen LogP contribution >= 0.6 is 11.8 Å². The van der Waals surface area contributed by atoms with E-state index in [0.717, 1.165) is 22.6 Å². The van der Waals surface area contributed by atoms with Gasteiger partial charge in [-0.2, -0.15) is 0 Å². The maximum absolute atomic E-state index is 12.7. The van der Waals surface area contributed by atoms with E-state index in [0.29, 0.717) is 11.7 Å². The van der Waals surface area contributed by atoms with Crippen molar-refractivity contribution in [2.75, 3.05) is 5.32 Å². The summed E-state index contributed by atoms with van der Waals surface area (Å²) >= 11 is 1.38. The van der Waals surface area contributed by atoms with E-state index in [9.17, 15) is 4.79 Å². The third-order valence-electron chi connectivity index (χ3n) is 4.26. The van der Waals surface area contributed by atoms with Crippen LogP contribution in [0.1, 0.15) is 18.1 Å². The summed E-state index contributed by atoms with van der Waals surface area (Å²) in [4.78, 5) is 16.7. The largest absolute Gasteiger partial charge is 0.325 e. The molecular formula is C21H23N5OS. The number of hydrogen-bond donors (Lipinski definition) is 1. The molecular weight excluding hydrogens is 370 g/mol. The monoisotopic (exact) mass is 393 g/mol. The van der Waals surface area contributed by atoms with Crippen LogP contribution in [0.15, 0.2) is 60.5 Å². The molecule has 28 heavy (non-hydrogen) atoms. The average molecular weight is 394 g/mol. The van der Waals surface area contributed by atoms with E-state index >= 15 is 0 Å². The van der Waals surface area contributed by atoms with Gasteiger partial charge in [0.2, 0.25) is 5.91 Å². The number of hydrogen-bond acceptors (Lipinski definition) is 5. The maximum Gasteiger partial charge on any atom is 0.237 e. The minimum Gasteiger partial charge on any atom is -0.325 e. The summed E-state index contributed by atoms with van der Waals surface area (Å²) in [6.45, 7) is 10.3. The Morgan fingerprint density at radius 3 is 2.68 bits per heavy atom. The lowest BCUT2D eigenvalue weighted by Gasteiger charge is -2.14. The molecule has 0 fully saturated rings. The van der Waals surface area contributed by atoms with Gasteiger partial charge in [0.05, 0.1) is 5.25 Å². The standard InChI is InChI=1S/C21H23N5OS/c1-5-12-26-19(17-8-10-22-11-9-17)24-25-21(26)28-16(4)20(27)23-18-7-6-14(2)13-15(18)3/h5-11,13,16H,1,12H2,2-4H3,(H,23,27)/t16-/m1/s1. The first-order valence-corrected chi connectivity index (χ1v) is 9.87. The Morgan fingerprint density at radius 2 is 2.00 bits per heavy atom. The maximum atomic E-state index is 12.7. The van der Waals surface area contributed by atoms with Crippen LogP contribution in [0.5, 0.6) is 0 Å². The minimum atomic E-state index is -0.334. The molecule has 0 aliphatic heterocycles. The molecule has 0 spiro atoms. The zero-order chi connectivity index (χ0) is 20.1. The summed E-state index contributed by atoms with van der Waals surface area (Å²) in [5, 5.41) is 12.0. The van der Waals surface area contributed by atoms with Gasteiger partial charge in [-0.25, -0.2) is 0 Å². The number of aryl methyl sites for hydroxylation is 2. The van der Waals surface area contributed by atoms with Crippen molar-refractivity contribution in [1.29, 1.82) is 0 Å². The molecule has 0 saturated heterocycles. The molecule has 6 nitrogen and oxygen atoms in total. The van der Waals surface area contributed by atoms with Crippen LogP contribution in [-0.2, 0) is 11.3 Å². The quantitative estimate of drug-likeness (QED) is 0.480. The summed E-state index contributed by atoms with van der Waals surface area (Å²) in [5.41, 5.74) is 3.95. The number of amides is 1. The van der Waals surface area contributed by atoms with Crippen LogP contribution in [0, 0.1) is 13.8 Å². The lowest BCUT2D eigenvalue weighted by atomic mass is 10.1. The third kappa shape index (κ3) is 4.48. The van der Waals surface area contributed by atoms with Crippen molar-refractivity contribution in [3.05, 3.63) is 66.5 Å². The van der Waals surface area contributed by atoms with Crippen LogP contribution < -0.4 is 5.32 Å². The van der Waals surface area contributed by atoms with Crippen LogP contribution in [0.3, 0.4) is 0 Å². The number of carbonyl (C=O) groups is 1. The number of thioether (sulfide) groups is 1. The van der Waals surface area contributed by atoms with E-state index in [4.69, 9.17) is 0 Å². The molecule has 0 aliphatic carbocycles. The fraction of sp³-hybridized carbons (Fsp3) is 0.238. The lowest BCUT2D eigenvalue weighted by Crippen LogP contribution is -2.23. The SMILES string of the molecule is C=CCn1c(S[C@H](C)C(=O)Nc2ccc(C)cc2C)nnc1-c1ccncc1. The molecule has 0 aliphatic rings. The van der Waals surface area contributed by atoms with Gasteiger partial charge in [-0.05, 0) is 44.5 Å². The number of anilines is 1. The molecule has 2 aromatic heterocycles. The van der Waals surface area contributed by atoms with E-state index in [2.05, 4.69) is 33.1 Å². The van der Waals surface area contributed by atoms with Gasteiger partial charge in [-0.3, -0.25) is 14.3 Å². The first kappa shape index (κ1) is 19.8. The second-order valence-electron chi connectivity index (χ2n) is 6.51. The van der Waals surface area contributed by atoms with Gasteiger partial charge in [0, 0.05) is 30.2 Å².